The van der Waals surface area contributed by atoms with Crippen LogP contribution in [0.25, 0.3) is 11.0 Å². The van der Waals surface area contributed by atoms with Crippen LogP contribution in [0.5, 0.6) is 0 Å². The van der Waals surface area contributed by atoms with Gasteiger partial charge in [0.1, 0.15) is 5.82 Å². The molecule has 0 atom stereocenters. The van der Waals surface area contributed by atoms with Crippen LogP contribution in [0.15, 0.2) is 24.3 Å². The van der Waals surface area contributed by atoms with Gasteiger partial charge in [0.2, 0.25) is 5.69 Å². The Hall–Kier alpha value is -2.46. The zero-order valence-electron chi connectivity index (χ0n) is 15.5. The van der Waals surface area contributed by atoms with Crippen molar-refractivity contribution in [3.63, 3.8) is 0 Å². The number of nitrogens with two attached hydrogens (primary N) is 1. The van der Waals surface area contributed by atoms with Gasteiger partial charge in [0.25, 0.3) is 5.69 Å². The van der Waals surface area contributed by atoms with Gasteiger partial charge in [-0.1, -0.05) is 0 Å². The summed E-state index contributed by atoms with van der Waals surface area (Å²) in [5.41, 5.74) is 10.1. The predicted molar refractivity (Wildman–Crippen MR) is 102 cm³/mol. The molecule has 1 aliphatic heterocycles. The van der Waals surface area contributed by atoms with E-state index < -0.39 is 0 Å². The second-order valence-corrected chi connectivity index (χ2v) is 7.31. The van der Waals surface area contributed by atoms with E-state index in [2.05, 4.69) is 67.3 Å². The van der Waals surface area contributed by atoms with Crippen molar-refractivity contribution in [3.8, 4) is 0 Å². The van der Waals surface area contributed by atoms with Gasteiger partial charge in [-0.2, -0.15) is 4.99 Å². The number of quaternary nitrogens is 1. The van der Waals surface area contributed by atoms with Crippen molar-refractivity contribution in [1.82, 2.24) is 9.97 Å². The Balaban J connectivity index is 1.41. The van der Waals surface area contributed by atoms with Gasteiger partial charge in [-0.3, -0.25) is 0 Å². The molecule has 0 radical (unpaired) electrons. The maximum Gasteiger partial charge on any atom is 0.344 e. The van der Waals surface area contributed by atoms with E-state index in [9.17, 15) is 0 Å². The average molecular weight is 334 g/mol. The lowest BCUT2D eigenvalue weighted by Crippen LogP contribution is -2.88. The van der Waals surface area contributed by atoms with Crippen molar-refractivity contribution >= 4 is 28.2 Å². The van der Waals surface area contributed by atoms with Crippen LogP contribution < -0.4 is 10.3 Å². The van der Waals surface area contributed by atoms with E-state index in [1.165, 1.54) is 39.5 Å². The Bertz CT molecular complexity index is 956. The standard InChI is InChI=1S/C21H24N4/c1-12-8-16-17(9-13(12)2)23-20(22-16)6-5-7-21-24-18-10-14(3)15(4)11-19(18)25-21/h8-11H,5-7H2,1-4H3,(H,22,23)(H,24,25)/p+2. The first kappa shape index (κ1) is 16.0. The van der Waals surface area contributed by atoms with E-state index in [-0.39, 0.29) is 0 Å². The van der Waals surface area contributed by atoms with Gasteiger partial charge >= 0.3 is 5.84 Å². The molecule has 0 saturated carbocycles. The minimum Gasteiger partial charge on any atom is -0.342 e. The van der Waals surface area contributed by atoms with Gasteiger partial charge in [0, 0.05) is 18.6 Å². The fourth-order valence-corrected chi connectivity index (χ4v) is 3.48. The number of benzene rings is 2. The fraction of sp³-hybridized carbons (Fsp3) is 0.333. The van der Waals surface area contributed by atoms with Gasteiger partial charge in [-0.15, -0.1) is 0 Å². The molecule has 4 rings (SSSR count). The first-order chi connectivity index (χ1) is 12.0. The monoisotopic (exact) mass is 334 g/mol. The smallest absolute Gasteiger partial charge is 0.342 e. The molecule has 4 heteroatoms. The summed E-state index contributed by atoms with van der Waals surface area (Å²) in [6.07, 6.45) is 3.10. The first-order valence-corrected chi connectivity index (χ1v) is 9.04. The summed E-state index contributed by atoms with van der Waals surface area (Å²) in [6.45, 7) is 8.63. The molecule has 1 aromatic heterocycles. The van der Waals surface area contributed by atoms with Crippen LogP contribution in [0.3, 0.4) is 0 Å². The van der Waals surface area contributed by atoms with Gasteiger partial charge in [-0.05, 0) is 68.5 Å². The first-order valence-electron chi connectivity index (χ1n) is 9.04. The van der Waals surface area contributed by atoms with Crippen LogP contribution in [0.2, 0.25) is 0 Å². The summed E-state index contributed by atoms with van der Waals surface area (Å²) in [4.78, 5) is 11.8. The van der Waals surface area contributed by atoms with Crippen molar-refractivity contribution in [3.05, 3.63) is 52.3 Å². The van der Waals surface area contributed by atoms with Gasteiger partial charge < -0.3 is 4.98 Å². The fourth-order valence-electron chi connectivity index (χ4n) is 3.48. The normalized spacial score (nSPS) is 13.4. The van der Waals surface area contributed by atoms with Crippen molar-refractivity contribution in [2.45, 2.75) is 47.0 Å². The van der Waals surface area contributed by atoms with E-state index in [0.717, 1.165) is 36.1 Å². The second-order valence-electron chi connectivity index (χ2n) is 7.31. The second kappa shape index (κ2) is 6.12. The molecular formula is C21H26N4+2. The number of imidazole rings is 1. The number of H-pyrrole nitrogens is 1. The van der Waals surface area contributed by atoms with Crippen LogP contribution in [0, 0.1) is 27.7 Å². The van der Waals surface area contributed by atoms with Gasteiger partial charge in [-0.25, -0.2) is 10.3 Å². The molecule has 1 aliphatic rings. The van der Waals surface area contributed by atoms with Crippen molar-refractivity contribution in [1.29, 1.82) is 0 Å². The highest BCUT2D eigenvalue weighted by Crippen LogP contribution is 2.20. The zero-order chi connectivity index (χ0) is 17.6. The Kier molecular flexibility index (Phi) is 3.92. The Morgan fingerprint density at radius 2 is 1.64 bits per heavy atom. The van der Waals surface area contributed by atoms with E-state index in [0.29, 0.717) is 0 Å². The highest BCUT2D eigenvalue weighted by Gasteiger charge is 2.26. The number of aromatic nitrogens is 2. The number of amidine groups is 1. The topological polar surface area (TPSA) is 59.3 Å². The molecule has 25 heavy (non-hydrogen) atoms. The summed E-state index contributed by atoms with van der Waals surface area (Å²) in [7, 11) is 0. The number of fused-ring (bicyclic) bond motifs is 2. The molecule has 0 saturated heterocycles. The van der Waals surface area contributed by atoms with Crippen LogP contribution in [-0.4, -0.2) is 15.8 Å². The summed E-state index contributed by atoms with van der Waals surface area (Å²) in [5, 5.41) is 2.28. The van der Waals surface area contributed by atoms with Gasteiger partial charge in [0.05, 0.1) is 17.5 Å². The zero-order valence-corrected chi connectivity index (χ0v) is 15.5. The molecule has 0 bridgehead atoms. The largest absolute Gasteiger partial charge is 0.344 e. The third-order valence-corrected chi connectivity index (χ3v) is 5.30. The van der Waals surface area contributed by atoms with Crippen LogP contribution in [-0.2, 0) is 6.42 Å². The van der Waals surface area contributed by atoms with Crippen molar-refractivity contribution in [2.75, 3.05) is 0 Å². The molecule has 2 aromatic carbocycles. The quantitative estimate of drug-likeness (QED) is 0.629. The Labute approximate surface area is 148 Å². The Morgan fingerprint density at radius 1 is 0.920 bits per heavy atom. The lowest BCUT2D eigenvalue weighted by molar-refractivity contribution is -0.489. The molecule has 2 heterocycles. The predicted octanol–water partition coefficient (Wildman–Crippen LogP) is 2.14. The molecule has 0 amide bonds. The molecular weight excluding hydrogens is 308 g/mol. The number of rotatable bonds is 4. The van der Waals surface area contributed by atoms with E-state index in [1.807, 2.05) is 0 Å². The number of hydrogen-bond donors (Lipinski definition) is 3. The van der Waals surface area contributed by atoms with E-state index in [4.69, 9.17) is 4.98 Å². The Morgan fingerprint density at radius 3 is 2.48 bits per heavy atom. The number of aryl methyl sites for hydroxylation is 5. The maximum atomic E-state index is 4.75. The molecule has 0 fully saturated rings. The average Bonchev–Trinajstić information content (AvgIpc) is 3.11. The SMILES string of the molecule is Cc1cc2c(cc1C)[NH2+]C(CCCc1nc3cc(C)c(C)cc3[nH]1)=[NH+]2. The molecule has 0 unspecified atom stereocenters. The number of hydrogen-bond acceptors (Lipinski definition) is 1. The van der Waals surface area contributed by atoms with Gasteiger partial charge in [0.15, 0.2) is 0 Å². The molecule has 3 aromatic rings. The van der Waals surface area contributed by atoms with Crippen LogP contribution >= 0.6 is 0 Å². The van der Waals surface area contributed by atoms with Crippen molar-refractivity contribution in [2.24, 2.45) is 0 Å². The number of aromatic amines is 1. The maximum absolute atomic E-state index is 4.75. The van der Waals surface area contributed by atoms with Crippen LogP contribution in [0.1, 0.15) is 40.9 Å². The minimum absolute atomic E-state index is 0.972. The molecule has 4 nitrogen and oxygen atoms in total. The molecule has 4 N–H and O–H groups in total. The minimum atomic E-state index is 0.972. The van der Waals surface area contributed by atoms with E-state index in [1.54, 1.807) is 0 Å². The highest BCUT2D eigenvalue weighted by atomic mass is 15.1. The summed E-state index contributed by atoms with van der Waals surface area (Å²) < 4.78 is 0. The third-order valence-electron chi connectivity index (χ3n) is 5.30. The number of nitrogens with zero attached hydrogens (tertiary/aromatic N) is 1. The summed E-state index contributed by atoms with van der Waals surface area (Å²) >= 11 is 0. The number of nitrogens with one attached hydrogen (secondary N) is 2. The van der Waals surface area contributed by atoms with E-state index >= 15 is 0 Å². The summed E-state index contributed by atoms with van der Waals surface area (Å²) in [6, 6.07) is 8.89. The lowest BCUT2D eigenvalue weighted by atomic mass is 10.1. The van der Waals surface area contributed by atoms with Crippen molar-refractivity contribution < 1.29 is 10.3 Å². The van der Waals surface area contributed by atoms with Crippen LogP contribution in [0.4, 0.5) is 11.4 Å². The molecule has 0 spiro atoms. The lowest BCUT2D eigenvalue weighted by Gasteiger charge is -1.97. The molecule has 0 aliphatic carbocycles. The third kappa shape index (κ3) is 3.10. The summed E-state index contributed by atoms with van der Waals surface area (Å²) in [5.74, 6) is 2.39. The molecule has 128 valence electrons. The highest BCUT2D eigenvalue weighted by molar-refractivity contribution is 5.77.